The first-order valence-corrected chi connectivity index (χ1v) is 6.82. The fraction of sp³-hybridized carbons (Fsp3) is 0.600. The number of benzene rings is 1. The highest BCUT2D eigenvalue weighted by atomic mass is 16.5. The largest absolute Gasteiger partial charge is 0.496 e. The molecule has 1 aliphatic heterocycles. The summed E-state index contributed by atoms with van der Waals surface area (Å²) in [6.07, 6.45) is 1.20. The zero-order valence-electron chi connectivity index (χ0n) is 11.6. The van der Waals surface area contributed by atoms with Gasteiger partial charge in [0, 0.05) is 17.6 Å². The number of rotatable bonds is 4. The standard InChI is InChI=1S/C15H24N2O/c1-11-10-16-9-8-14(11)17-12(2)13-6-4-5-7-15(13)18-3/h4-7,11-12,14,16-17H,8-10H2,1-3H3. The van der Waals surface area contributed by atoms with E-state index in [4.69, 9.17) is 4.74 Å². The van der Waals surface area contributed by atoms with E-state index >= 15 is 0 Å². The van der Waals surface area contributed by atoms with Gasteiger partial charge in [0.25, 0.3) is 0 Å². The molecule has 0 aromatic heterocycles. The molecule has 0 aliphatic carbocycles. The lowest BCUT2D eigenvalue weighted by Crippen LogP contribution is -2.47. The van der Waals surface area contributed by atoms with E-state index in [0.29, 0.717) is 18.0 Å². The predicted octanol–water partition coefficient (Wildman–Crippen LogP) is 2.34. The maximum absolute atomic E-state index is 5.43. The summed E-state index contributed by atoms with van der Waals surface area (Å²) >= 11 is 0. The lowest BCUT2D eigenvalue weighted by Gasteiger charge is -2.33. The third-order valence-electron chi connectivity index (χ3n) is 3.85. The highest BCUT2D eigenvalue weighted by Crippen LogP contribution is 2.26. The van der Waals surface area contributed by atoms with Gasteiger partial charge in [0.1, 0.15) is 5.75 Å². The molecule has 3 atom stereocenters. The molecular formula is C15H24N2O. The molecule has 1 heterocycles. The van der Waals surface area contributed by atoms with E-state index in [1.54, 1.807) is 7.11 Å². The molecule has 18 heavy (non-hydrogen) atoms. The molecular weight excluding hydrogens is 224 g/mol. The van der Waals surface area contributed by atoms with Crippen LogP contribution in [0.3, 0.4) is 0 Å². The van der Waals surface area contributed by atoms with E-state index in [1.165, 1.54) is 12.0 Å². The Kier molecular flexibility index (Phi) is 4.61. The van der Waals surface area contributed by atoms with Crippen molar-refractivity contribution >= 4 is 0 Å². The molecule has 0 saturated carbocycles. The minimum atomic E-state index is 0.326. The van der Waals surface area contributed by atoms with Crippen LogP contribution in [0.4, 0.5) is 0 Å². The number of para-hydroxylation sites is 1. The normalized spacial score (nSPS) is 25.7. The Morgan fingerprint density at radius 2 is 2.17 bits per heavy atom. The van der Waals surface area contributed by atoms with Crippen LogP contribution in [0.1, 0.15) is 31.9 Å². The minimum Gasteiger partial charge on any atom is -0.496 e. The molecule has 2 rings (SSSR count). The molecule has 3 nitrogen and oxygen atoms in total. The second kappa shape index (κ2) is 6.21. The molecule has 1 fully saturated rings. The molecule has 100 valence electrons. The van der Waals surface area contributed by atoms with Crippen LogP contribution in [-0.2, 0) is 0 Å². The second-order valence-corrected chi connectivity index (χ2v) is 5.21. The van der Waals surface area contributed by atoms with E-state index in [2.05, 4.69) is 36.6 Å². The van der Waals surface area contributed by atoms with E-state index in [9.17, 15) is 0 Å². The van der Waals surface area contributed by atoms with Gasteiger partial charge in [-0.25, -0.2) is 0 Å². The third-order valence-corrected chi connectivity index (χ3v) is 3.85. The quantitative estimate of drug-likeness (QED) is 0.858. The van der Waals surface area contributed by atoms with Gasteiger partial charge in [0.2, 0.25) is 0 Å². The van der Waals surface area contributed by atoms with E-state index in [-0.39, 0.29) is 0 Å². The van der Waals surface area contributed by atoms with Gasteiger partial charge in [0.15, 0.2) is 0 Å². The molecule has 3 unspecified atom stereocenters. The number of hydrogen-bond donors (Lipinski definition) is 2. The van der Waals surface area contributed by atoms with Crippen molar-refractivity contribution in [3.8, 4) is 5.75 Å². The van der Waals surface area contributed by atoms with Crippen molar-refractivity contribution in [3.63, 3.8) is 0 Å². The Bertz CT molecular complexity index is 381. The molecule has 0 amide bonds. The predicted molar refractivity (Wildman–Crippen MR) is 75.0 cm³/mol. The van der Waals surface area contributed by atoms with Gasteiger partial charge >= 0.3 is 0 Å². The van der Waals surface area contributed by atoms with Gasteiger partial charge in [-0.05, 0) is 38.4 Å². The summed E-state index contributed by atoms with van der Waals surface area (Å²) in [5, 5.41) is 7.17. The number of nitrogens with one attached hydrogen (secondary N) is 2. The Balaban J connectivity index is 2.04. The van der Waals surface area contributed by atoms with Crippen LogP contribution < -0.4 is 15.4 Å². The lowest BCUT2D eigenvalue weighted by molar-refractivity contribution is 0.276. The summed E-state index contributed by atoms with van der Waals surface area (Å²) in [5.74, 6) is 1.65. The van der Waals surface area contributed by atoms with Crippen LogP contribution in [0.2, 0.25) is 0 Å². The Morgan fingerprint density at radius 1 is 1.39 bits per heavy atom. The van der Waals surface area contributed by atoms with Gasteiger partial charge in [-0.3, -0.25) is 0 Å². The van der Waals surface area contributed by atoms with Crippen molar-refractivity contribution in [2.45, 2.75) is 32.4 Å². The van der Waals surface area contributed by atoms with E-state index in [0.717, 1.165) is 18.8 Å². The summed E-state index contributed by atoms with van der Waals surface area (Å²) in [7, 11) is 1.73. The zero-order chi connectivity index (χ0) is 13.0. The van der Waals surface area contributed by atoms with Gasteiger partial charge in [-0.1, -0.05) is 25.1 Å². The summed E-state index contributed by atoms with van der Waals surface area (Å²) in [5.41, 5.74) is 1.24. The molecule has 1 aliphatic rings. The maximum atomic E-state index is 5.43. The first kappa shape index (κ1) is 13.4. The molecule has 1 saturated heterocycles. The molecule has 3 heteroatoms. The van der Waals surface area contributed by atoms with Crippen molar-refractivity contribution in [2.75, 3.05) is 20.2 Å². The maximum Gasteiger partial charge on any atom is 0.123 e. The summed E-state index contributed by atoms with van der Waals surface area (Å²) in [6.45, 7) is 6.74. The van der Waals surface area contributed by atoms with E-state index in [1.807, 2.05) is 12.1 Å². The van der Waals surface area contributed by atoms with Gasteiger partial charge in [0.05, 0.1) is 7.11 Å². The average Bonchev–Trinajstić information content (AvgIpc) is 2.41. The molecule has 2 N–H and O–H groups in total. The Labute approximate surface area is 110 Å². The van der Waals surface area contributed by atoms with Crippen LogP contribution in [0.15, 0.2) is 24.3 Å². The first-order valence-electron chi connectivity index (χ1n) is 6.82. The second-order valence-electron chi connectivity index (χ2n) is 5.21. The number of ether oxygens (including phenoxy) is 1. The van der Waals surface area contributed by atoms with Crippen molar-refractivity contribution in [1.29, 1.82) is 0 Å². The topological polar surface area (TPSA) is 33.3 Å². The van der Waals surface area contributed by atoms with Crippen molar-refractivity contribution in [2.24, 2.45) is 5.92 Å². The molecule has 0 spiro atoms. The fourth-order valence-electron chi connectivity index (χ4n) is 2.70. The summed E-state index contributed by atoms with van der Waals surface area (Å²) < 4.78 is 5.43. The number of methoxy groups -OCH3 is 1. The van der Waals surface area contributed by atoms with Gasteiger partial charge < -0.3 is 15.4 Å². The minimum absolute atomic E-state index is 0.326. The first-order chi connectivity index (χ1) is 8.72. The SMILES string of the molecule is COc1ccccc1C(C)NC1CCNCC1C. The lowest BCUT2D eigenvalue weighted by atomic mass is 9.93. The Morgan fingerprint density at radius 3 is 2.89 bits per heavy atom. The molecule has 0 bridgehead atoms. The number of piperidine rings is 1. The van der Waals surface area contributed by atoms with Crippen molar-refractivity contribution in [1.82, 2.24) is 10.6 Å². The molecule has 1 aromatic rings. The van der Waals surface area contributed by atoms with Crippen molar-refractivity contribution in [3.05, 3.63) is 29.8 Å². The highest BCUT2D eigenvalue weighted by Gasteiger charge is 2.23. The Hall–Kier alpha value is -1.06. The van der Waals surface area contributed by atoms with Crippen LogP contribution >= 0.6 is 0 Å². The average molecular weight is 248 g/mol. The fourth-order valence-corrected chi connectivity index (χ4v) is 2.70. The van der Waals surface area contributed by atoms with Crippen LogP contribution in [0, 0.1) is 5.92 Å². The van der Waals surface area contributed by atoms with Crippen LogP contribution in [0.25, 0.3) is 0 Å². The zero-order valence-corrected chi connectivity index (χ0v) is 11.6. The number of hydrogen-bond acceptors (Lipinski definition) is 3. The summed E-state index contributed by atoms with van der Waals surface area (Å²) in [6, 6.07) is 9.17. The highest BCUT2D eigenvalue weighted by molar-refractivity contribution is 5.35. The van der Waals surface area contributed by atoms with Crippen LogP contribution in [-0.4, -0.2) is 26.2 Å². The van der Waals surface area contributed by atoms with Crippen LogP contribution in [0.5, 0.6) is 5.75 Å². The van der Waals surface area contributed by atoms with E-state index < -0.39 is 0 Å². The van der Waals surface area contributed by atoms with Gasteiger partial charge in [-0.2, -0.15) is 0 Å². The molecule has 1 aromatic carbocycles. The third kappa shape index (κ3) is 3.03. The monoisotopic (exact) mass is 248 g/mol. The molecule has 0 radical (unpaired) electrons. The summed E-state index contributed by atoms with van der Waals surface area (Å²) in [4.78, 5) is 0. The van der Waals surface area contributed by atoms with Gasteiger partial charge in [-0.15, -0.1) is 0 Å². The smallest absolute Gasteiger partial charge is 0.123 e. The van der Waals surface area contributed by atoms with Crippen molar-refractivity contribution < 1.29 is 4.74 Å².